The quantitative estimate of drug-likeness (QED) is 0.240. The van der Waals surface area contributed by atoms with E-state index in [1.54, 1.807) is 42.9 Å². The molecule has 11 heteroatoms. The van der Waals surface area contributed by atoms with E-state index >= 15 is 0 Å². The Bertz CT molecular complexity index is 1310. The monoisotopic (exact) mass is 548 g/mol. The van der Waals surface area contributed by atoms with Gasteiger partial charge in [0.1, 0.15) is 0 Å². The summed E-state index contributed by atoms with van der Waals surface area (Å²) in [6.07, 6.45) is 4.46. The maximum Gasteiger partial charge on any atom is 0.243 e. The first-order valence-corrected chi connectivity index (χ1v) is 15.1. The lowest BCUT2D eigenvalue weighted by atomic mass is 10.0. The molecule has 0 spiro atoms. The maximum absolute atomic E-state index is 13.4. The highest BCUT2D eigenvalue weighted by atomic mass is 32.2. The zero-order valence-corrected chi connectivity index (χ0v) is 23.6. The van der Waals surface area contributed by atoms with Gasteiger partial charge >= 0.3 is 0 Å². The molecule has 1 saturated heterocycles. The van der Waals surface area contributed by atoms with Gasteiger partial charge in [-0.15, -0.1) is 0 Å². The number of benzene rings is 1. The molecule has 4 rings (SSSR count). The molecular formula is C26H36N4O5S2. The number of methoxy groups -OCH3 is 2. The van der Waals surface area contributed by atoms with E-state index in [4.69, 9.17) is 19.2 Å². The Morgan fingerprint density at radius 2 is 2.03 bits per heavy atom. The number of ether oxygens (including phenoxy) is 3. The highest BCUT2D eigenvalue weighted by molar-refractivity contribution is 7.98. The van der Waals surface area contributed by atoms with Crippen LogP contribution in [0.25, 0.3) is 11.0 Å². The molecule has 0 aliphatic carbocycles. The van der Waals surface area contributed by atoms with Crippen LogP contribution in [-0.4, -0.2) is 67.8 Å². The Morgan fingerprint density at radius 3 is 2.76 bits per heavy atom. The molecule has 0 radical (unpaired) electrons. The third-order valence-electron chi connectivity index (χ3n) is 6.52. The number of hydrogen-bond acceptors (Lipinski definition) is 8. The van der Waals surface area contributed by atoms with Crippen LogP contribution < -0.4 is 9.47 Å². The minimum absolute atomic E-state index is 0.292. The van der Waals surface area contributed by atoms with Gasteiger partial charge in [0, 0.05) is 50.9 Å². The van der Waals surface area contributed by atoms with Crippen LogP contribution in [0.1, 0.15) is 38.8 Å². The van der Waals surface area contributed by atoms with Crippen LogP contribution in [0.15, 0.2) is 40.5 Å². The Morgan fingerprint density at radius 1 is 1.19 bits per heavy atom. The summed E-state index contributed by atoms with van der Waals surface area (Å²) in [6, 6.07) is 7.05. The zero-order valence-electron chi connectivity index (χ0n) is 22.0. The third-order valence-corrected chi connectivity index (χ3v) is 9.37. The number of pyridine rings is 1. The first kappa shape index (κ1) is 27.7. The summed E-state index contributed by atoms with van der Waals surface area (Å²) >= 11 is 1.53. The molecule has 1 aliphatic rings. The smallest absolute Gasteiger partial charge is 0.243 e. The van der Waals surface area contributed by atoms with E-state index in [0.29, 0.717) is 66.4 Å². The Hall–Kier alpha value is -2.34. The van der Waals surface area contributed by atoms with Gasteiger partial charge in [0.05, 0.1) is 35.8 Å². The van der Waals surface area contributed by atoms with E-state index in [0.717, 1.165) is 35.6 Å². The minimum atomic E-state index is -3.57. The first-order chi connectivity index (χ1) is 17.9. The van der Waals surface area contributed by atoms with Gasteiger partial charge in [-0.05, 0) is 50.3 Å². The predicted molar refractivity (Wildman–Crippen MR) is 145 cm³/mol. The molecule has 1 atom stereocenters. The summed E-state index contributed by atoms with van der Waals surface area (Å²) in [5, 5.41) is 0.791. The highest BCUT2D eigenvalue weighted by Gasteiger charge is 2.29. The minimum Gasteiger partial charge on any atom is -0.493 e. The second-order valence-corrected chi connectivity index (χ2v) is 12.0. The van der Waals surface area contributed by atoms with Gasteiger partial charge in [-0.2, -0.15) is 4.31 Å². The zero-order chi connectivity index (χ0) is 26.4. The topological polar surface area (TPSA) is 95.8 Å². The van der Waals surface area contributed by atoms with Gasteiger partial charge in [-0.1, -0.05) is 18.7 Å². The van der Waals surface area contributed by atoms with Crippen LogP contribution in [0, 0.1) is 5.92 Å². The summed E-state index contributed by atoms with van der Waals surface area (Å²) in [6.45, 7) is 7.22. The number of sulfonamides is 1. The SMILES string of the molecule is CCOCCCn1c(SCc2nccc(OC)c2OC)nc2cc(S(=O)(=O)N3CCCC(C)C3)ccc21. The van der Waals surface area contributed by atoms with Crippen molar-refractivity contribution in [3.63, 3.8) is 0 Å². The predicted octanol–water partition coefficient (Wildman–Crippen LogP) is 4.59. The summed E-state index contributed by atoms with van der Waals surface area (Å²) in [4.78, 5) is 9.63. The fraction of sp³-hybridized carbons (Fsp3) is 0.538. The molecular weight excluding hydrogens is 512 g/mol. The van der Waals surface area contributed by atoms with Crippen molar-refractivity contribution >= 4 is 32.8 Å². The first-order valence-electron chi connectivity index (χ1n) is 12.7. The van der Waals surface area contributed by atoms with E-state index in [1.807, 2.05) is 13.0 Å². The molecule has 1 aromatic carbocycles. The maximum atomic E-state index is 13.4. The fourth-order valence-corrected chi connectivity index (χ4v) is 7.24. The van der Waals surface area contributed by atoms with Crippen molar-refractivity contribution in [2.24, 2.45) is 5.92 Å². The van der Waals surface area contributed by atoms with Crippen LogP contribution >= 0.6 is 11.8 Å². The molecule has 2 aromatic heterocycles. The van der Waals surface area contributed by atoms with Crippen molar-refractivity contribution in [1.29, 1.82) is 0 Å². The lowest BCUT2D eigenvalue weighted by molar-refractivity contribution is 0.141. The third kappa shape index (κ3) is 6.22. The second kappa shape index (κ2) is 12.5. The fourth-order valence-electron chi connectivity index (χ4n) is 4.64. The molecule has 0 bridgehead atoms. The van der Waals surface area contributed by atoms with Gasteiger partial charge in [0.25, 0.3) is 0 Å². The summed E-state index contributed by atoms with van der Waals surface area (Å²) in [5.74, 6) is 2.11. The normalized spacial score (nSPS) is 16.8. The van der Waals surface area contributed by atoms with Crippen LogP contribution in [-0.2, 0) is 27.1 Å². The summed E-state index contributed by atoms with van der Waals surface area (Å²) in [7, 11) is -0.371. The van der Waals surface area contributed by atoms with E-state index in [-0.39, 0.29) is 0 Å². The molecule has 1 fully saturated rings. The molecule has 0 saturated carbocycles. The lowest BCUT2D eigenvalue weighted by Crippen LogP contribution is -2.39. The number of piperidine rings is 1. The molecule has 3 heterocycles. The van der Waals surface area contributed by atoms with Crippen molar-refractivity contribution in [1.82, 2.24) is 18.8 Å². The number of imidazole rings is 1. The van der Waals surface area contributed by atoms with E-state index in [2.05, 4.69) is 16.5 Å². The largest absolute Gasteiger partial charge is 0.493 e. The number of aromatic nitrogens is 3. The number of thioether (sulfide) groups is 1. The van der Waals surface area contributed by atoms with Gasteiger partial charge in [-0.25, -0.2) is 13.4 Å². The average molecular weight is 549 g/mol. The second-order valence-electron chi connectivity index (χ2n) is 9.14. The molecule has 1 aliphatic heterocycles. The van der Waals surface area contributed by atoms with Crippen molar-refractivity contribution in [2.45, 2.75) is 55.5 Å². The Balaban J connectivity index is 1.65. The van der Waals surface area contributed by atoms with E-state index < -0.39 is 10.0 Å². The van der Waals surface area contributed by atoms with E-state index in [1.165, 1.54) is 11.8 Å². The molecule has 0 N–H and O–H groups in total. The molecule has 1 unspecified atom stereocenters. The van der Waals surface area contributed by atoms with Gasteiger partial charge in [0.2, 0.25) is 10.0 Å². The van der Waals surface area contributed by atoms with Crippen LogP contribution in [0.4, 0.5) is 0 Å². The molecule has 37 heavy (non-hydrogen) atoms. The van der Waals surface area contributed by atoms with Crippen LogP contribution in [0.2, 0.25) is 0 Å². The molecule has 9 nitrogen and oxygen atoms in total. The van der Waals surface area contributed by atoms with Crippen molar-refractivity contribution in [3.05, 3.63) is 36.2 Å². The standard InChI is InChI=1S/C26H36N4O5S2/c1-5-35-15-7-14-30-23-10-9-20(37(31,32)29-13-6-8-19(2)17-29)16-21(23)28-26(30)36-18-22-25(34-4)24(33-3)11-12-27-22/h9-12,16,19H,5-8,13-15,17-18H2,1-4H3. The lowest BCUT2D eigenvalue weighted by Gasteiger charge is -2.30. The van der Waals surface area contributed by atoms with E-state index in [9.17, 15) is 8.42 Å². The van der Waals surface area contributed by atoms with Gasteiger partial charge < -0.3 is 18.8 Å². The summed E-state index contributed by atoms with van der Waals surface area (Å²) < 4.78 is 47.0. The van der Waals surface area contributed by atoms with Crippen LogP contribution in [0.3, 0.4) is 0 Å². The van der Waals surface area contributed by atoms with Crippen LogP contribution in [0.5, 0.6) is 11.5 Å². The number of nitrogens with zero attached hydrogens (tertiary/aromatic N) is 4. The van der Waals surface area contributed by atoms with Crippen molar-refractivity contribution < 1.29 is 22.6 Å². The van der Waals surface area contributed by atoms with Crippen molar-refractivity contribution in [3.8, 4) is 11.5 Å². The highest BCUT2D eigenvalue weighted by Crippen LogP contribution is 2.35. The molecule has 202 valence electrons. The number of rotatable bonds is 12. The number of aryl methyl sites for hydroxylation is 1. The summed E-state index contributed by atoms with van der Waals surface area (Å²) in [5.41, 5.74) is 2.31. The Labute approximate surface area is 223 Å². The average Bonchev–Trinajstić information content (AvgIpc) is 3.26. The van der Waals surface area contributed by atoms with Gasteiger partial charge in [-0.3, -0.25) is 4.98 Å². The van der Waals surface area contributed by atoms with Crippen molar-refractivity contribution in [2.75, 3.05) is 40.5 Å². The molecule has 0 amide bonds. The Kier molecular flexibility index (Phi) is 9.33. The number of hydrogen-bond donors (Lipinski definition) is 0. The molecule has 3 aromatic rings. The van der Waals surface area contributed by atoms with Gasteiger partial charge in [0.15, 0.2) is 16.7 Å². The number of fused-ring (bicyclic) bond motifs is 1.